The van der Waals surface area contributed by atoms with E-state index in [9.17, 15) is 0 Å². The molecule has 0 saturated carbocycles. The lowest BCUT2D eigenvalue weighted by Gasteiger charge is -2.27. The molecule has 27 heavy (non-hydrogen) atoms. The van der Waals surface area contributed by atoms with Crippen LogP contribution in [0.3, 0.4) is 0 Å². The highest BCUT2D eigenvalue weighted by Crippen LogP contribution is 2.26. The van der Waals surface area contributed by atoms with Gasteiger partial charge in [-0.05, 0) is 29.8 Å². The predicted molar refractivity (Wildman–Crippen MR) is 102 cm³/mol. The lowest BCUT2D eigenvalue weighted by atomic mass is 10.1. The van der Waals surface area contributed by atoms with E-state index in [1.54, 1.807) is 7.11 Å². The maximum absolute atomic E-state index is 5.98. The second kappa shape index (κ2) is 8.89. The molecule has 0 unspecified atom stereocenters. The summed E-state index contributed by atoms with van der Waals surface area (Å²) in [5, 5.41) is 0. The molecule has 0 bridgehead atoms. The topological polar surface area (TPSA) is 47.3 Å². The second-order valence-electron chi connectivity index (χ2n) is 7.19. The fourth-order valence-electron chi connectivity index (χ4n) is 3.70. The number of hydrogen-bond donors (Lipinski definition) is 0. The Bertz CT molecular complexity index is 740. The van der Waals surface area contributed by atoms with Crippen molar-refractivity contribution in [3.05, 3.63) is 53.0 Å². The van der Waals surface area contributed by atoms with E-state index in [0.717, 1.165) is 69.8 Å². The van der Waals surface area contributed by atoms with Crippen LogP contribution < -0.4 is 4.74 Å². The second-order valence-corrected chi connectivity index (χ2v) is 7.19. The van der Waals surface area contributed by atoms with Crippen LogP contribution in [-0.4, -0.2) is 56.4 Å². The van der Waals surface area contributed by atoms with Crippen LogP contribution in [0.15, 0.2) is 34.7 Å². The highest BCUT2D eigenvalue weighted by molar-refractivity contribution is 5.38. The van der Waals surface area contributed by atoms with E-state index in [1.807, 2.05) is 12.1 Å². The zero-order valence-electron chi connectivity index (χ0n) is 16.0. The first-order chi connectivity index (χ1) is 13.3. The summed E-state index contributed by atoms with van der Waals surface area (Å²) >= 11 is 0. The van der Waals surface area contributed by atoms with Crippen LogP contribution in [-0.2, 0) is 35.7 Å². The number of hydrogen-bond acceptors (Lipinski definition) is 6. The number of methoxy groups -OCH3 is 1. The minimum Gasteiger partial charge on any atom is -0.492 e. The van der Waals surface area contributed by atoms with Crippen molar-refractivity contribution < 1.29 is 18.6 Å². The Balaban J connectivity index is 1.42. The van der Waals surface area contributed by atoms with Crippen LogP contribution in [0.1, 0.15) is 22.6 Å². The van der Waals surface area contributed by atoms with Gasteiger partial charge in [0.2, 0.25) is 0 Å². The number of nitrogens with zero attached hydrogens (tertiary/aromatic N) is 2. The van der Waals surface area contributed by atoms with Crippen molar-refractivity contribution in [2.75, 3.05) is 46.6 Å². The van der Waals surface area contributed by atoms with Crippen molar-refractivity contribution in [3.63, 3.8) is 0 Å². The van der Waals surface area contributed by atoms with E-state index in [4.69, 9.17) is 18.6 Å². The first-order valence-electron chi connectivity index (χ1n) is 9.64. The molecule has 1 saturated heterocycles. The highest BCUT2D eigenvalue weighted by atomic mass is 16.5. The Kier molecular flexibility index (Phi) is 6.09. The molecular formula is C21H28N2O4. The molecule has 3 heterocycles. The van der Waals surface area contributed by atoms with Gasteiger partial charge in [-0.1, -0.05) is 6.07 Å². The van der Waals surface area contributed by atoms with Crippen molar-refractivity contribution in [1.82, 2.24) is 9.80 Å². The van der Waals surface area contributed by atoms with E-state index in [-0.39, 0.29) is 0 Å². The zero-order chi connectivity index (χ0) is 18.5. The van der Waals surface area contributed by atoms with Crippen molar-refractivity contribution in [3.8, 4) is 5.75 Å². The van der Waals surface area contributed by atoms with Gasteiger partial charge in [0, 0.05) is 45.4 Å². The largest absolute Gasteiger partial charge is 0.492 e. The van der Waals surface area contributed by atoms with Gasteiger partial charge in [0.05, 0.1) is 19.8 Å². The molecule has 2 aromatic rings. The van der Waals surface area contributed by atoms with Gasteiger partial charge in [-0.25, -0.2) is 0 Å². The van der Waals surface area contributed by atoms with Gasteiger partial charge in [0.25, 0.3) is 0 Å². The molecule has 6 nitrogen and oxygen atoms in total. The average Bonchev–Trinajstić information content (AvgIpc) is 3.01. The number of benzene rings is 1. The predicted octanol–water partition coefficient (Wildman–Crippen LogP) is 2.65. The summed E-state index contributed by atoms with van der Waals surface area (Å²) in [7, 11) is 1.68. The zero-order valence-corrected chi connectivity index (χ0v) is 16.0. The fraction of sp³-hybridized carbons (Fsp3) is 0.524. The molecule has 0 N–H and O–H groups in total. The number of rotatable bonds is 6. The number of ether oxygens (including phenoxy) is 3. The van der Waals surface area contributed by atoms with E-state index in [0.29, 0.717) is 13.2 Å². The van der Waals surface area contributed by atoms with E-state index in [2.05, 4.69) is 28.0 Å². The molecule has 0 spiro atoms. The summed E-state index contributed by atoms with van der Waals surface area (Å²) in [4.78, 5) is 4.82. The molecule has 4 rings (SSSR count). The Morgan fingerprint density at radius 3 is 2.59 bits per heavy atom. The van der Waals surface area contributed by atoms with Crippen LogP contribution in [0.25, 0.3) is 0 Å². The van der Waals surface area contributed by atoms with Crippen molar-refractivity contribution in [2.24, 2.45) is 0 Å². The average molecular weight is 372 g/mol. The van der Waals surface area contributed by atoms with Crippen molar-refractivity contribution >= 4 is 0 Å². The molecule has 1 fully saturated rings. The van der Waals surface area contributed by atoms with Gasteiger partial charge in [-0.3, -0.25) is 9.80 Å². The standard InChI is InChI=1S/C21H28N2O4/c1-24-16-20-4-3-19(27-20)15-23-8-11-26-21-5-2-17(12-18(21)14-23)13-22-6-9-25-10-7-22/h2-5,12H,6-11,13-16H2,1H3. The van der Waals surface area contributed by atoms with Gasteiger partial charge in [0.1, 0.15) is 30.5 Å². The summed E-state index contributed by atoms with van der Waals surface area (Å²) < 4.78 is 22.4. The Hall–Kier alpha value is -1.86. The SMILES string of the molecule is COCc1ccc(CN2CCOc3ccc(CN4CCOCC4)cc3C2)o1. The van der Waals surface area contributed by atoms with Crippen LogP contribution in [0.4, 0.5) is 0 Å². The van der Waals surface area contributed by atoms with E-state index >= 15 is 0 Å². The molecule has 0 radical (unpaired) electrons. The molecule has 2 aliphatic rings. The summed E-state index contributed by atoms with van der Waals surface area (Å²) in [5.41, 5.74) is 2.59. The molecule has 1 aromatic heterocycles. The smallest absolute Gasteiger partial charge is 0.129 e. The van der Waals surface area contributed by atoms with Crippen molar-refractivity contribution in [1.29, 1.82) is 0 Å². The Labute approximate surface area is 160 Å². The van der Waals surface area contributed by atoms with Crippen LogP contribution in [0.5, 0.6) is 5.75 Å². The third-order valence-electron chi connectivity index (χ3n) is 5.08. The minimum atomic E-state index is 0.511. The van der Waals surface area contributed by atoms with Gasteiger partial charge in [-0.15, -0.1) is 0 Å². The summed E-state index contributed by atoms with van der Waals surface area (Å²) in [6.45, 7) is 8.37. The third-order valence-corrected chi connectivity index (χ3v) is 5.08. The van der Waals surface area contributed by atoms with E-state index < -0.39 is 0 Å². The lowest BCUT2D eigenvalue weighted by Crippen LogP contribution is -2.35. The molecule has 0 aliphatic carbocycles. The van der Waals surface area contributed by atoms with Crippen LogP contribution in [0, 0.1) is 0 Å². The van der Waals surface area contributed by atoms with Crippen LogP contribution >= 0.6 is 0 Å². The van der Waals surface area contributed by atoms with Gasteiger partial charge < -0.3 is 18.6 Å². The molecule has 0 amide bonds. The monoisotopic (exact) mass is 372 g/mol. The van der Waals surface area contributed by atoms with Crippen LogP contribution in [0.2, 0.25) is 0 Å². The summed E-state index contributed by atoms with van der Waals surface area (Å²) in [6.07, 6.45) is 0. The lowest BCUT2D eigenvalue weighted by molar-refractivity contribution is 0.0342. The maximum atomic E-state index is 5.98. The molecule has 0 atom stereocenters. The van der Waals surface area contributed by atoms with Crippen molar-refractivity contribution in [2.45, 2.75) is 26.2 Å². The Morgan fingerprint density at radius 1 is 0.926 bits per heavy atom. The Morgan fingerprint density at radius 2 is 1.74 bits per heavy atom. The first-order valence-corrected chi connectivity index (χ1v) is 9.64. The van der Waals surface area contributed by atoms with Gasteiger partial charge >= 0.3 is 0 Å². The maximum Gasteiger partial charge on any atom is 0.129 e. The molecule has 2 aliphatic heterocycles. The third kappa shape index (κ3) is 4.90. The molecule has 1 aromatic carbocycles. The normalized spacial score (nSPS) is 18.7. The summed E-state index contributed by atoms with van der Waals surface area (Å²) in [6, 6.07) is 10.6. The van der Waals surface area contributed by atoms with E-state index in [1.165, 1.54) is 11.1 Å². The minimum absolute atomic E-state index is 0.511. The molecule has 146 valence electrons. The quantitative estimate of drug-likeness (QED) is 0.777. The summed E-state index contributed by atoms with van der Waals surface area (Å²) in [5.74, 6) is 2.84. The number of fused-ring (bicyclic) bond motifs is 1. The highest BCUT2D eigenvalue weighted by Gasteiger charge is 2.18. The molecular weight excluding hydrogens is 344 g/mol. The number of morpholine rings is 1. The first kappa shape index (κ1) is 18.5. The number of furan rings is 1. The van der Waals surface area contributed by atoms with Gasteiger partial charge in [-0.2, -0.15) is 0 Å². The molecule has 6 heteroatoms. The fourth-order valence-corrected chi connectivity index (χ4v) is 3.70. The van der Waals surface area contributed by atoms with Gasteiger partial charge in [0.15, 0.2) is 0 Å².